The maximum Gasteiger partial charge on any atom is 0.340 e. The van der Waals surface area contributed by atoms with Gasteiger partial charge in [-0.1, -0.05) is 0 Å². The maximum atomic E-state index is 13.7. The zero-order valence-electron chi connectivity index (χ0n) is 11.8. The van der Waals surface area contributed by atoms with Crippen LogP contribution in [-0.2, 0) is 4.74 Å². The van der Waals surface area contributed by atoms with E-state index in [0.29, 0.717) is 18.9 Å². The van der Waals surface area contributed by atoms with Crippen LogP contribution in [0.2, 0.25) is 0 Å². The number of nitrogens with one attached hydrogen (secondary N) is 1. The van der Waals surface area contributed by atoms with Crippen LogP contribution in [0.5, 0.6) is 0 Å². The van der Waals surface area contributed by atoms with Crippen LogP contribution in [0.15, 0.2) is 12.1 Å². The second kappa shape index (κ2) is 7.53. The molecule has 21 heavy (non-hydrogen) atoms. The van der Waals surface area contributed by atoms with E-state index in [9.17, 15) is 19.3 Å². The monoisotopic (exact) mass is 300 g/mol. The number of hydrogen-bond donors (Lipinski definition) is 2. The number of methoxy groups -OCH3 is 1. The normalized spacial score (nSPS) is 11.8. The average Bonchev–Trinajstić information content (AvgIpc) is 2.45. The fourth-order valence-corrected chi connectivity index (χ4v) is 1.83. The van der Waals surface area contributed by atoms with E-state index in [-0.39, 0.29) is 23.9 Å². The highest BCUT2D eigenvalue weighted by atomic mass is 19.1. The molecule has 116 valence electrons. The van der Waals surface area contributed by atoms with E-state index < -0.39 is 22.4 Å². The highest BCUT2D eigenvalue weighted by molar-refractivity contribution is 5.92. The van der Waals surface area contributed by atoms with Crippen LogP contribution < -0.4 is 5.32 Å². The number of aliphatic hydroxyl groups excluding tert-OH is 1. The molecule has 0 saturated heterocycles. The van der Waals surface area contributed by atoms with Crippen LogP contribution in [-0.4, -0.2) is 35.8 Å². The number of carbonyl (C=O) groups is 1. The minimum atomic E-state index is -1.01. The molecule has 0 bridgehead atoms. The van der Waals surface area contributed by atoms with E-state index in [4.69, 9.17) is 5.11 Å². The summed E-state index contributed by atoms with van der Waals surface area (Å²) in [7, 11) is 1.10. The van der Waals surface area contributed by atoms with Crippen LogP contribution >= 0.6 is 0 Å². The fraction of sp³-hybridized carbons (Fsp3) is 0.462. The van der Waals surface area contributed by atoms with Crippen molar-refractivity contribution in [1.29, 1.82) is 0 Å². The lowest BCUT2D eigenvalue weighted by Gasteiger charge is -2.15. The van der Waals surface area contributed by atoms with Crippen LogP contribution in [0.3, 0.4) is 0 Å². The molecule has 1 aromatic carbocycles. The first kappa shape index (κ1) is 16.8. The second-order valence-corrected chi connectivity index (χ2v) is 4.51. The number of nitro groups is 1. The number of nitro benzene ring substituents is 1. The van der Waals surface area contributed by atoms with Crippen molar-refractivity contribution in [1.82, 2.24) is 0 Å². The molecule has 1 atom stereocenters. The number of anilines is 1. The Hall–Kier alpha value is -2.22. The summed E-state index contributed by atoms with van der Waals surface area (Å²) in [5, 5.41) is 22.6. The first-order valence-electron chi connectivity index (χ1n) is 6.34. The first-order chi connectivity index (χ1) is 9.90. The summed E-state index contributed by atoms with van der Waals surface area (Å²) in [4.78, 5) is 21.7. The van der Waals surface area contributed by atoms with E-state index in [1.165, 1.54) is 0 Å². The molecular formula is C13H17FN2O5. The lowest BCUT2D eigenvalue weighted by molar-refractivity contribution is -0.384. The Morgan fingerprint density at radius 1 is 1.57 bits per heavy atom. The number of benzene rings is 1. The minimum Gasteiger partial charge on any atom is -0.465 e. The Kier molecular flexibility index (Phi) is 6.04. The molecular weight excluding hydrogens is 283 g/mol. The van der Waals surface area contributed by atoms with Gasteiger partial charge >= 0.3 is 5.97 Å². The van der Waals surface area contributed by atoms with Gasteiger partial charge in [-0.3, -0.25) is 10.1 Å². The summed E-state index contributed by atoms with van der Waals surface area (Å²) in [5.41, 5.74) is -0.803. The van der Waals surface area contributed by atoms with E-state index in [0.717, 1.165) is 13.2 Å². The largest absolute Gasteiger partial charge is 0.465 e. The number of esters is 1. The van der Waals surface area contributed by atoms with Crippen molar-refractivity contribution in [2.24, 2.45) is 0 Å². The Morgan fingerprint density at radius 2 is 2.24 bits per heavy atom. The van der Waals surface area contributed by atoms with Gasteiger partial charge in [-0.05, 0) is 25.8 Å². The van der Waals surface area contributed by atoms with Gasteiger partial charge in [-0.25, -0.2) is 9.18 Å². The van der Waals surface area contributed by atoms with E-state index in [2.05, 4.69) is 10.1 Å². The lowest BCUT2D eigenvalue weighted by Crippen LogP contribution is -2.17. The molecule has 1 rings (SSSR count). The average molecular weight is 300 g/mol. The van der Waals surface area contributed by atoms with Gasteiger partial charge in [0, 0.05) is 12.6 Å². The van der Waals surface area contributed by atoms with Gasteiger partial charge in [0.05, 0.1) is 23.7 Å². The highest BCUT2D eigenvalue weighted by Crippen LogP contribution is 2.29. The zero-order chi connectivity index (χ0) is 16.0. The molecule has 1 unspecified atom stereocenters. The van der Waals surface area contributed by atoms with E-state index in [1.807, 2.05) is 0 Å². The number of ether oxygens (including phenoxy) is 1. The third-order valence-corrected chi connectivity index (χ3v) is 2.88. The molecule has 0 saturated carbocycles. The first-order valence-corrected chi connectivity index (χ1v) is 6.34. The van der Waals surface area contributed by atoms with Crippen molar-refractivity contribution in [2.45, 2.75) is 25.8 Å². The molecule has 0 fully saturated rings. The van der Waals surface area contributed by atoms with Crippen molar-refractivity contribution < 1.29 is 24.0 Å². The molecule has 0 spiro atoms. The quantitative estimate of drug-likeness (QED) is 0.454. The molecule has 1 aromatic rings. The SMILES string of the molecule is COC(=O)c1cc(NC(C)CCCO)c([N+](=O)[O-])cc1F. The number of carbonyl (C=O) groups excluding carboxylic acids is 1. The van der Waals surface area contributed by atoms with Gasteiger partial charge in [0.1, 0.15) is 11.5 Å². The van der Waals surface area contributed by atoms with Gasteiger partial charge in [0.15, 0.2) is 0 Å². The van der Waals surface area contributed by atoms with E-state index >= 15 is 0 Å². The summed E-state index contributed by atoms with van der Waals surface area (Å²) in [6.07, 6.45) is 1.09. The summed E-state index contributed by atoms with van der Waals surface area (Å²) in [5.74, 6) is -1.92. The predicted molar refractivity (Wildman–Crippen MR) is 73.8 cm³/mol. The molecule has 0 radical (unpaired) electrons. The predicted octanol–water partition coefficient (Wildman–Crippen LogP) is 2.09. The Labute approximate surface area is 120 Å². The zero-order valence-corrected chi connectivity index (χ0v) is 11.8. The Morgan fingerprint density at radius 3 is 2.76 bits per heavy atom. The number of aliphatic hydroxyl groups is 1. The lowest BCUT2D eigenvalue weighted by atomic mass is 10.1. The molecule has 0 amide bonds. The standard InChI is InChI=1S/C13H17FN2O5/c1-8(4-3-5-17)15-11-6-9(13(18)21-2)10(14)7-12(11)16(19)20/h6-8,15,17H,3-5H2,1-2H3. The van der Waals surface area contributed by atoms with Crippen molar-refractivity contribution in [3.05, 3.63) is 33.6 Å². The molecule has 0 aliphatic rings. The van der Waals surface area contributed by atoms with Crippen molar-refractivity contribution in [3.8, 4) is 0 Å². The number of nitrogens with zero attached hydrogens (tertiary/aromatic N) is 1. The fourth-order valence-electron chi connectivity index (χ4n) is 1.83. The molecule has 8 heteroatoms. The van der Waals surface area contributed by atoms with Gasteiger partial charge in [0.2, 0.25) is 0 Å². The molecule has 0 aromatic heterocycles. The smallest absolute Gasteiger partial charge is 0.340 e. The van der Waals surface area contributed by atoms with Gasteiger partial charge < -0.3 is 15.2 Å². The van der Waals surface area contributed by atoms with E-state index in [1.54, 1.807) is 6.92 Å². The van der Waals surface area contributed by atoms with Crippen LogP contribution in [0, 0.1) is 15.9 Å². The molecule has 7 nitrogen and oxygen atoms in total. The van der Waals surface area contributed by atoms with Gasteiger partial charge in [-0.2, -0.15) is 0 Å². The molecule has 0 aliphatic heterocycles. The summed E-state index contributed by atoms with van der Waals surface area (Å²) in [6.45, 7) is 1.77. The van der Waals surface area contributed by atoms with Gasteiger partial charge in [-0.15, -0.1) is 0 Å². The summed E-state index contributed by atoms with van der Waals surface area (Å²) >= 11 is 0. The second-order valence-electron chi connectivity index (χ2n) is 4.51. The molecule has 0 heterocycles. The van der Waals surface area contributed by atoms with Crippen molar-refractivity contribution in [2.75, 3.05) is 19.0 Å². The van der Waals surface area contributed by atoms with Crippen LogP contribution in [0.25, 0.3) is 0 Å². The molecule has 0 aliphatic carbocycles. The molecule has 2 N–H and O–H groups in total. The Bertz CT molecular complexity index is 536. The number of hydrogen-bond acceptors (Lipinski definition) is 6. The number of rotatable bonds is 7. The maximum absolute atomic E-state index is 13.7. The summed E-state index contributed by atoms with van der Waals surface area (Å²) < 4.78 is 18.1. The van der Waals surface area contributed by atoms with Crippen LogP contribution in [0.4, 0.5) is 15.8 Å². The number of halogens is 1. The highest BCUT2D eigenvalue weighted by Gasteiger charge is 2.23. The van der Waals surface area contributed by atoms with Crippen LogP contribution in [0.1, 0.15) is 30.1 Å². The topological polar surface area (TPSA) is 102 Å². The van der Waals surface area contributed by atoms with Crippen molar-refractivity contribution in [3.63, 3.8) is 0 Å². The van der Waals surface area contributed by atoms with Gasteiger partial charge in [0.25, 0.3) is 5.69 Å². The Balaban J connectivity index is 3.14. The summed E-state index contributed by atoms with van der Waals surface area (Å²) in [6, 6.07) is 1.56. The minimum absolute atomic E-state index is 0.00490. The van der Waals surface area contributed by atoms with Crippen molar-refractivity contribution >= 4 is 17.3 Å². The third kappa shape index (κ3) is 4.38. The third-order valence-electron chi connectivity index (χ3n) is 2.88.